The van der Waals surface area contributed by atoms with E-state index >= 15 is 0 Å². The van der Waals surface area contributed by atoms with Crippen LogP contribution in [0, 0.1) is 0 Å². The molecule has 0 aliphatic rings. The number of rotatable bonds is 9. The number of guanidine groups is 1. The topological polar surface area (TPSA) is 151 Å². The highest BCUT2D eigenvalue weighted by Gasteiger charge is 2.50. The summed E-state index contributed by atoms with van der Waals surface area (Å²) in [6.45, 7) is 2.01. The van der Waals surface area contributed by atoms with E-state index in [0.29, 0.717) is 6.42 Å². The van der Waals surface area contributed by atoms with Gasteiger partial charge in [0.1, 0.15) is 0 Å². The molecule has 0 fully saturated rings. The number of carbonyl (C=O) groups excluding carboxylic acids is 2. The van der Waals surface area contributed by atoms with Crippen molar-refractivity contribution in [3.05, 3.63) is 71.8 Å². The summed E-state index contributed by atoms with van der Waals surface area (Å²) in [6, 6.07) is 18.4. The van der Waals surface area contributed by atoms with Crippen LogP contribution in [0.2, 0.25) is 0 Å². The van der Waals surface area contributed by atoms with E-state index in [0.717, 1.165) is 11.1 Å². The molecular formula is C21H27N5O2. The normalized spacial score (nSPS) is 13.4. The van der Waals surface area contributed by atoms with Crippen molar-refractivity contribution in [3.8, 4) is 0 Å². The van der Waals surface area contributed by atoms with Gasteiger partial charge in [-0.2, -0.15) is 0 Å². The number of hydrogen-bond donors (Lipinski definition) is 4. The molecule has 0 saturated heterocycles. The second-order valence-electron chi connectivity index (χ2n) is 6.93. The molecule has 0 aromatic heterocycles. The molecule has 0 aliphatic carbocycles. The monoisotopic (exact) mass is 381 g/mol. The van der Waals surface area contributed by atoms with E-state index in [-0.39, 0.29) is 18.9 Å². The van der Waals surface area contributed by atoms with Crippen LogP contribution in [0.1, 0.15) is 30.9 Å². The van der Waals surface area contributed by atoms with Gasteiger partial charge in [-0.1, -0.05) is 60.7 Å². The summed E-state index contributed by atoms with van der Waals surface area (Å²) in [6.07, 6.45) is 0.371. The Morgan fingerprint density at radius 2 is 1.36 bits per heavy atom. The molecule has 0 bridgehead atoms. The van der Waals surface area contributed by atoms with Crippen molar-refractivity contribution in [2.75, 3.05) is 6.54 Å². The maximum atomic E-state index is 13.7. The lowest BCUT2D eigenvalue weighted by Gasteiger charge is -2.37. The number of Topliss-reactive ketones (excluding diaryl/α,β-unsaturated/α-hetero) is 1. The van der Waals surface area contributed by atoms with E-state index in [9.17, 15) is 9.59 Å². The van der Waals surface area contributed by atoms with Crippen LogP contribution < -0.4 is 22.9 Å². The first-order valence-corrected chi connectivity index (χ1v) is 9.03. The minimum absolute atomic E-state index is 0.0349. The predicted molar refractivity (Wildman–Crippen MR) is 110 cm³/mol. The molecule has 1 amide bonds. The highest BCUT2D eigenvalue weighted by Crippen LogP contribution is 2.37. The Kier molecular flexibility index (Phi) is 6.53. The van der Waals surface area contributed by atoms with E-state index in [1.807, 2.05) is 60.7 Å². The lowest BCUT2D eigenvalue weighted by Crippen LogP contribution is -2.63. The van der Waals surface area contributed by atoms with E-state index in [4.69, 9.17) is 22.9 Å². The van der Waals surface area contributed by atoms with Gasteiger partial charge in [0.05, 0.1) is 5.41 Å². The van der Waals surface area contributed by atoms with E-state index < -0.39 is 22.6 Å². The van der Waals surface area contributed by atoms with Crippen molar-refractivity contribution < 1.29 is 9.59 Å². The van der Waals surface area contributed by atoms with Crippen molar-refractivity contribution >= 4 is 17.6 Å². The molecule has 0 unspecified atom stereocenters. The summed E-state index contributed by atoms with van der Waals surface area (Å²) < 4.78 is 0. The number of amides is 1. The first kappa shape index (κ1) is 21.1. The molecule has 7 heteroatoms. The van der Waals surface area contributed by atoms with Gasteiger partial charge in [0, 0.05) is 6.54 Å². The molecule has 8 N–H and O–H groups in total. The van der Waals surface area contributed by atoms with Crippen LogP contribution in [-0.2, 0) is 15.0 Å². The lowest BCUT2D eigenvalue weighted by atomic mass is 9.66. The zero-order valence-electron chi connectivity index (χ0n) is 16.0. The van der Waals surface area contributed by atoms with Crippen LogP contribution >= 0.6 is 0 Å². The number of nitrogens with zero attached hydrogens (tertiary/aromatic N) is 1. The average Bonchev–Trinajstić information content (AvgIpc) is 2.70. The summed E-state index contributed by atoms with van der Waals surface area (Å²) in [5, 5.41) is 0. The Hall–Kier alpha value is -3.19. The maximum absolute atomic E-state index is 13.7. The molecule has 2 aromatic carbocycles. The van der Waals surface area contributed by atoms with Crippen LogP contribution in [0.5, 0.6) is 0 Å². The fourth-order valence-electron chi connectivity index (χ4n) is 3.33. The highest BCUT2D eigenvalue weighted by atomic mass is 16.2. The van der Waals surface area contributed by atoms with Crippen LogP contribution in [-0.4, -0.2) is 29.7 Å². The summed E-state index contributed by atoms with van der Waals surface area (Å²) in [5.41, 5.74) is 21.0. The third-order valence-corrected chi connectivity index (χ3v) is 5.02. The summed E-state index contributed by atoms with van der Waals surface area (Å²) >= 11 is 0. The van der Waals surface area contributed by atoms with Crippen LogP contribution in [0.3, 0.4) is 0 Å². The third kappa shape index (κ3) is 4.20. The number of aliphatic imine (C=N–C) groups is 1. The quantitative estimate of drug-likeness (QED) is 0.219. The second kappa shape index (κ2) is 8.67. The fourth-order valence-corrected chi connectivity index (χ4v) is 3.33. The van der Waals surface area contributed by atoms with E-state index in [1.165, 1.54) is 0 Å². The smallest absolute Gasteiger partial charge is 0.245 e. The van der Waals surface area contributed by atoms with E-state index in [2.05, 4.69) is 4.99 Å². The molecule has 0 aliphatic heterocycles. The molecule has 2 rings (SSSR count). The SMILES string of the molecule is CC(C(=O)[C@](N)(CCCN=C(N)N)C(N)=O)(c1ccccc1)c1ccccc1. The summed E-state index contributed by atoms with van der Waals surface area (Å²) in [7, 11) is 0. The van der Waals surface area contributed by atoms with Gasteiger partial charge in [-0.25, -0.2) is 0 Å². The molecule has 0 saturated carbocycles. The van der Waals surface area contributed by atoms with Gasteiger partial charge in [-0.15, -0.1) is 0 Å². The number of ketones is 1. The van der Waals surface area contributed by atoms with Gasteiger partial charge in [0.25, 0.3) is 0 Å². The minimum atomic E-state index is -1.86. The minimum Gasteiger partial charge on any atom is -0.370 e. The van der Waals surface area contributed by atoms with Crippen molar-refractivity contribution in [3.63, 3.8) is 0 Å². The zero-order chi connectivity index (χ0) is 20.8. The highest BCUT2D eigenvalue weighted by molar-refractivity contribution is 6.15. The van der Waals surface area contributed by atoms with E-state index in [1.54, 1.807) is 6.92 Å². The molecule has 148 valence electrons. The Balaban J connectivity index is 2.50. The first-order chi connectivity index (χ1) is 13.2. The van der Waals surface area contributed by atoms with Crippen molar-refractivity contribution in [2.24, 2.45) is 27.9 Å². The third-order valence-electron chi connectivity index (χ3n) is 5.02. The van der Waals surface area contributed by atoms with Gasteiger partial charge >= 0.3 is 0 Å². The van der Waals surface area contributed by atoms with Crippen molar-refractivity contribution in [1.82, 2.24) is 0 Å². The molecule has 1 atom stereocenters. The second-order valence-corrected chi connectivity index (χ2v) is 6.93. The van der Waals surface area contributed by atoms with Gasteiger partial charge in [0.2, 0.25) is 5.91 Å². The molecule has 7 nitrogen and oxygen atoms in total. The maximum Gasteiger partial charge on any atom is 0.245 e. The van der Waals surface area contributed by atoms with Crippen molar-refractivity contribution in [2.45, 2.75) is 30.7 Å². The molecule has 0 radical (unpaired) electrons. The van der Waals surface area contributed by atoms with Crippen molar-refractivity contribution in [1.29, 1.82) is 0 Å². The number of nitrogens with two attached hydrogens (primary N) is 4. The summed E-state index contributed by atoms with van der Waals surface area (Å²) in [5.74, 6) is -1.40. The Morgan fingerprint density at radius 1 is 0.893 bits per heavy atom. The summed E-state index contributed by atoms with van der Waals surface area (Å²) in [4.78, 5) is 29.9. The standard InChI is InChI=1S/C21H27N5O2/c1-20(15-9-4-2-5-10-15,16-11-6-3-7-12-16)17(27)21(25,18(22)28)13-8-14-26-19(23)24/h2-7,9-12H,8,13-14,25H2,1H3,(H2,22,28)(H4,23,24,26)/t21-/m1/s1. The van der Waals surface area contributed by atoms with Gasteiger partial charge < -0.3 is 22.9 Å². The molecule has 28 heavy (non-hydrogen) atoms. The first-order valence-electron chi connectivity index (χ1n) is 9.03. The Morgan fingerprint density at radius 3 is 1.75 bits per heavy atom. The number of hydrogen-bond acceptors (Lipinski definition) is 4. The largest absolute Gasteiger partial charge is 0.370 e. The van der Waals surface area contributed by atoms with Gasteiger partial charge in [-0.05, 0) is 30.9 Å². The fraction of sp³-hybridized carbons (Fsp3) is 0.286. The molecular weight excluding hydrogens is 354 g/mol. The zero-order valence-corrected chi connectivity index (χ0v) is 16.0. The molecule has 2 aromatic rings. The number of primary amides is 1. The lowest BCUT2D eigenvalue weighted by molar-refractivity contribution is -0.137. The molecule has 0 spiro atoms. The number of benzene rings is 2. The predicted octanol–water partition coefficient (Wildman–Crippen LogP) is 0.798. The van der Waals surface area contributed by atoms with Crippen LogP contribution in [0.15, 0.2) is 65.7 Å². The van der Waals surface area contributed by atoms with Gasteiger partial charge in [-0.3, -0.25) is 14.6 Å². The Labute approximate surface area is 164 Å². The Bertz CT molecular complexity index is 808. The van der Waals surface area contributed by atoms with Crippen LogP contribution in [0.4, 0.5) is 0 Å². The average molecular weight is 381 g/mol. The molecule has 0 heterocycles. The van der Waals surface area contributed by atoms with Gasteiger partial charge in [0.15, 0.2) is 17.3 Å². The van der Waals surface area contributed by atoms with Crippen LogP contribution in [0.25, 0.3) is 0 Å². The number of carbonyl (C=O) groups is 2.